The lowest BCUT2D eigenvalue weighted by atomic mass is 10.0. The Hall–Kier alpha value is -2.75. The Labute approximate surface area is 166 Å². The van der Waals surface area contributed by atoms with Gasteiger partial charge in [-0.1, -0.05) is 0 Å². The molecule has 0 amide bonds. The number of alkyl halides is 2. The van der Waals surface area contributed by atoms with Crippen LogP contribution in [0.15, 0.2) is 18.3 Å². The monoisotopic (exact) mass is 404 g/mol. The maximum atomic E-state index is 12.7. The summed E-state index contributed by atoms with van der Waals surface area (Å²) < 4.78 is 35.4. The zero-order chi connectivity index (χ0) is 20.0. The number of fused-ring (bicyclic) bond motifs is 1. The Morgan fingerprint density at radius 2 is 1.86 bits per heavy atom. The highest BCUT2D eigenvalue weighted by Crippen LogP contribution is 2.35. The number of nitrogens with zero attached hydrogens (tertiary/aromatic N) is 5. The van der Waals surface area contributed by atoms with Gasteiger partial charge in [-0.15, -0.1) is 0 Å². The second-order valence-electron chi connectivity index (χ2n) is 7.70. The Bertz CT molecular complexity index is 898. The van der Waals surface area contributed by atoms with Gasteiger partial charge in [-0.2, -0.15) is 13.8 Å². The molecule has 0 aromatic carbocycles. The minimum Gasteiger partial charge on any atom is -0.431 e. The van der Waals surface area contributed by atoms with Crippen LogP contribution in [0.25, 0.3) is 11.3 Å². The predicted octanol–water partition coefficient (Wildman–Crippen LogP) is 2.01. The number of aromatic nitrogens is 3. The summed E-state index contributed by atoms with van der Waals surface area (Å²) in [6.07, 6.45) is 2.62. The number of hydrogen-bond acceptors (Lipinski definition) is 8. The standard InChI is InChI=1S/C19H22F2N6O2/c20-18(21)29-15-4-11(6-23-17(15)22)14-5-16(25-19(24-14)26-2-1-3-26)27-7-12-9-28-10-13(12)8-27/h4-6,12-13,18H,1-3,7-10H2,(H2,22,23)/t12-,13+. The van der Waals surface area contributed by atoms with Gasteiger partial charge in [-0.05, 0) is 12.5 Å². The molecule has 0 unspecified atom stereocenters. The summed E-state index contributed by atoms with van der Waals surface area (Å²) in [5.41, 5.74) is 6.84. The second kappa shape index (κ2) is 7.25. The van der Waals surface area contributed by atoms with Crippen molar-refractivity contribution < 1.29 is 18.3 Å². The molecule has 3 aliphatic rings. The average molecular weight is 404 g/mol. The summed E-state index contributed by atoms with van der Waals surface area (Å²) in [4.78, 5) is 17.8. The van der Waals surface area contributed by atoms with Gasteiger partial charge in [-0.25, -0.2) is 9.97 Å². The van der Waals surface area contributed by atoms with Gasteiger partial charge in [-0.3, -0.25) is 0 Å². The number of nitrogens with two attached hydrogens (primary N) is 1. The number of rotatable bonds is 5. The summed E-state index contributed by atoms with van der Waals surface area (Å²) in [5.74, 6) is 2.27. The van der Waals surface area contributed by atoms with E-state index in [9.17, 15) is 8.78 Å². The highest BCUT2D eigenvalue weighted by Gasteiger charge is 2.38. The molecule has 5 heterocycles. The summed E-state index contributed by atoms with van der Waals surface area (Å²) in [5, 5.41) is 0. The van der Waals surface area contributed by atoms with Gasteiger partial charge in [0.2, 0.25) is 5.95 Å². The summed E-state index contributed by atoms with van der Waals surface area (Å²) >= 11 is 0. The highest BCUT2D eigenvalue weighted by molar-refractivity contribution is 5.68. The van der Waals surface area contributed by atoms with Crippen LogP contribution in [0.4, 0.5) is 26.4 Å². The number of hydrogen-bond donors (Lipinski definition) is 1. The molecule has 3 fully saturated rings. The molecule has 3 saturated heterocycles. The molecule has 2 aromatic heterocycles. The van der Waals surface area contributed by atoms with E-state index >= 15 is 0 Å². The molecule has 0 radical (unpaired) electrons. The summed E-state index contributed by atoms with van der Waals surface area (Å²) in [7, 11) is 0. The topological polar surface area (TPSA) is 89.6 Å². The molecule has 3 aliphatic heterocycles. The van der Waals surface area contributed by atoms with Crippen LogP contribution in [0.2, 0.25) is 0 Å². The van der Waals surface area contributed by atoms with E-state index < -0.39 is 6.61 Å². The van der Waals surface area contributed by atoms with Gasteiger partial charge in [0.1, 0.15) is 5.82 Å². The first-order chi connectivity index (χ1) is 14.1. The van der Waals surface area contributed by atoms with E-state index in [0.717, 1.165) is 51.6 Å². The Balaban J connectivity index is 1.51. The van der Waals surface area contributed by atoms with Crippen LogP contribution in [-0.4, -0.2) is 61.0 Å². The molecule has 5 rings (SSSR count). The van der Waals surface area contributed by atoms with E-state index in [2.05, 4.69) is 24.5 Å². The van der Waals surface area contributed by atoms with Crippen molar-refractivity contribution in [2.24, 2.45) is 11.8 Å². The number of halogens is 2. The molecule has 10 heteroatoms. The average Bonchev–Trinajstić information content (AvgIpc) is 3.23. The molecule has 8 nitrogen and oxygen atoms in total. The molecule has 154 valence electrons. The molecule has 2 atom stereocenters. The highest BCUT2D eigenvalue weighted by atomic mass is 19.3. The second-order valence-corrected chi connectivity index (χ2v) is 7.70. The largest absolute Gasteiger partial charge is 0.431 e. The van der Waals surface area contributed by atoms with E-state index in [1.807, 2.05) is 6.07 Å². The quantitative estimate of drug-likeness (QED) is 0.810. The Morgan fingerprint density at radius 3 is 2.52 bits per heavy atom. The molecule has 2 aromatic rings. The lowest BCUT2D eigenvalue weighted by molar-refractivity contribution is -0.0494. The number of nitrogen functional groups attached to an aromatic ring is 1. The van der Waals surface area contributed by atoms with Gasteiger partial charge in [0.25, 0.3) is 0 Å². The van der Waals surface area contributed by atoms with Crippen molar-refractivity contribution in [1.29, 1.82) is 0 Å². The fourth-order valence-electron chi connectivity index (χ4n) is 4.05. The van der Waals surface area contributed by atoms with Crippen LogP contribution in [0.3, 0.4) is 0 Å². The summed E-state index contributed by atoms with van der Waals surface area (Å²) in [6.45, 7) is 2.19. The number of anilines is 3. The molecule has 0 saturated carbocycles. The number of pyridine rings is 1. The Morgan fingerprint density at radius 1 is 1.10 bits per heavy atom. The number of ether oxygens (including phenoxy) is 2. The predicted molar refractivity (Wildman–Crippen MR) is 103 cm³/mol. The summed E-state index contributed by atoms with van der Waals surface area (Å²) in [6, 6.07) is 3.33. The zero-order valence-electron chi connectivity index (χ0n) is 15.8. The SMILES string of the molecule is Nc1ncc(-c2cc(N3C[C@H]4COC[C@H]4C3)nc(N3CCC3)n2)cc1OC(F)F. The smallest absolute Gasteiger partial charge is 0.387 e. The van der Waals surface area contributed by atoms with E-state index in [4.69, 9.17) is 15.5 Å². The third-order valence-corrected chi connectivity index (χ3v) is 5.80. The minimum absolute atomic E-state index is 0.0846. The fraction of sp³-hybridized carbons (Fsp3) is 0.526. The van der Waals surface area contributed by atoms with Crippen LogP contribution < -0.4 is 20.3 Å². The van der Waals surface area contributed by atoms with Crippen LogP contribution in [0.5, 0.6) is 5.75 Å². The van der Waals surface area contributed by atoms with Crippen molar-refractivity contribution in [3.63, 3.8) is 0 Å². The lowest BCUT2D eigenvalue weighted by Crippen LogP contribution is -2.38. The fourth-order valence-corrected chi connectivity index (χ4v) is 4.05. The van der Waals surface area contributed by atoms with Crippen molar-refractivity contribution in [1.82, 2.24) is 15.0 Å². The van der Waals surface area contributed by atoms with Gasteiger partial charge < -0.3 is 25.0 Å². The third-order valence-electron chi connectivity index (χ3n) is 5.80. The molecule has 0 aliphatic carbocycles. The molecule has 0 bridgehead atoms. The van der Waals surface area contributed by atoms with Crippen LogP contribution >= 0.6 is 0 Å². The maximum absolute atomic E-state index is 12.7. The lowest BCUT2D eigenvalue weighted by Gasteiger charge is -2.32. The normalized spacial score (nSPS) is 23.4. The van der Waals surface area contributed by atoms with E-state index in [0.29, 0.717) is 29.0 Å². The molecule has 29 heavy (non-hydrogen) atoms. The van der Waals surface area contributed by atoms with Crippen molar-refractivity contribution in [3.05, 3.63) is 18.3 Å². The zero-order valence-corrected chi connectivity index (χ0v) is 15.8. The van der Waals surface area contributed by atoms with Gasteiger partial charge >= 0.3 is 6.61 Å². The Kier molecular flexibility index (Phi) is 4.57. The molecule has 2 N–H and O–H groups in total. The first-order valence-electron chi connectivity index (χ1n) is 9.74. The van der Waals surface area contributed by atoms with E-state index in [1.165, 1.54) is 12.3 Å². The molecular formula is C19H22F2N6O2. The first kappa shape index (κ1) is 18.3. The van der Waals surface area contributed by atoms with Crippen molar-refractivity contribution >= 4 is 17.6 Å². The van der Waals surface area contributed by atoms with Crippen molar-refractivity contribution in [2.75, 3.05) is 54.9 Å². The van der Waals surface area contributed by atoms with Crippen molar-refractivity contribution in [2.45, 2.75) is 13.0 Å². The molecule has 0 spiro atoms. The van der Waals surface area contributed by atoms with Crippen LogP contribution in [-0.2, 0) is 4.74 Å². The van der Waals surface area contributed by atoms with E-state index in [1.54, 1.807) is 0 Å². The van der Waals surface area contributed by atoms with Gasteiger partial charge in [0.15, 0.2) is 11.6 Å². The maximum Gasteiger partial charge on any atom is 0.387 e. The molecular weight excluding hydrogens is 382 g/mol. The van der Waals surface area contributed by atoms with Crippen LogP contribution in [0, 0.1) is 11.8 Å². The van der Waals surface area contributed by atoms with Gasteiger partial charge in [0.05, 0.1) is 18.9 Å². The van der Waals surface area contributed by atoms with Crippen LogP contribution in [0.1, 0.15) is 6.42 Å². The van der Waals surface area contributed by atoms with Gasteiger partial charge in [0, 0.05) is 55.8 Å². The first-order valence-corrected chi connectivity index (χ1v) is 9.74. The minimum atomic E-state index is -2.97. The van der Waals surface area contributed by atoms with Crippen molar-refractivity contribution in [3.8, 4) is 17.0 Å². The van der Waals surface area contributed by atoms with E-state index in [-0.39, 0.29) is 11.6 Å². The third kappa shape index (κ3) is 3.52.